The lowest BCUT2D eigenvalue weighted by Crippen LogP contribution is -2.21. The average molecular weight is 266 g/mol. The molecule has 1 heterocycles. The van der Waals surface area contributed by atoms with Gasteiger partial charge in [0.05, 0.1) is 4.92 Å². The predicted octanol–water partition coefficient (Wildman–Crippen LogP) is 3.02. The molecule has 0 aliphatic heterocycles. The smallest absolute Gasteiger partial charge is 0.333 e. The van der Waals surface area contributed by atoms with Gasteiger partial charge in [-0.15, -0.1) is 0 Å². The standard InChI is InChI=1S/C13H22N4O2/c1-9-5-4-6-11(8-7-9)14-13-12(17(18)19)10(2)15-16(13)3/h9,11,14H,4-8H2,1-3H3. The van der Waals surface area contributed by atoms with E-state index in [1.807, 2.05) is 0 Å². The topological polar surface area (TPSA) is 73.0 Å². The van der Waals surface area contributed by atoms with Crippen molar-refractivity contribution >= 4 is 11.5 Å². The number of rotatable bonds is 3. The molecule has 0 aromatic carbocycles. The van der Waals surface area contributed by atoms with Gasteiger partial charge in [-0.05, 0) is 32.1 Å². The van der Waals surface area contributed by atoms with E-state index in [0.717, 1.165) is 18.8 Å². The van der Waals surface area contributed by atoms with Crippen molar-refractivity contribution in [2.75, 3.05) is 5.32 Å². The lowest BCUT2D eigenvalue weighted by molar-refractivity contribution is -0.384. The Bertz CT molecular complexity index is 469. The molecule has 106 valence electrons. The maximum Gasteiger partial charge on any atom is 0.333 e. The van der Waals surface area contributed by atoms with Crippen molar-refractivity contribution in [3.8, 4) is 0 Å². The number of anilines is 1. The van der Waals surface area contributed by atoms with Crippen LogP contribution in [0.25, 0.3) is 0 Å². The Labute approximate surface area is 113 Å². The molecule has 1 aliphatic carbocycles. The maximum atomic E-state index is 11.1. The fourth-order valence-electron chi connectivity index (χ4n) is 2.85. The summed E-state index contributed by atoms with van der Waals surface area (Å²) in [4.78, 5) is 10.8. The second-order valence-electron chi connectivity index (χ2n) is 5.62. The van der Waals surface area contributed by atoms with E-state index in [2.05, 4.69) is 17.3 Å². The van der Waals surface area contributed by atoms with Gasteiger partial charge in [-0.25, -0.2) is 4.68 Å². The predicted molar refractivity (Wildman–Crippen MR) is 74.3 cm³/mol. The van der Waals surface area contributed by atoms with Crippen LogP contribution in [0.15, 0.2) is 0 Å². The number of nitrogens with zero attached hydrogens (tertiary/aromatic N) is 3. The van der Waals surface area contributed by atoms with Crippen molar-refractivity contribution in [3.63, 3.8) is 0 Å². The third-order valence-electron chi connectivity index (χ3n) is 3.97. The highest BCUT2D eigenvalue weighted by Crippen LogP contribution is 2.31. The Kier molecular flexibility index (Phi) is 4.07. The van der Waals surface area contributed by atoms with Crippen LogP contribution < -0.4 is 5.32 Å². The van der Waals surface area contributed by atoms with E-state index in [-0.39, 0.29) is 10.6 Å². The lowest BCUT2D eigenvalue weighted by Gasteiger charge is -2.17. The van der Waals surface area contributed by atoms with Gasteiger partial charge in [-0.1, -0.05) is 19.8 Å². The minimum Gasteiger partial charge on any atom is -0.362 e. The van der Waals surface area contributed by atoms with Crippen molar-refractivity contribution < 1.29 is 4.92 Å². The Balaban J connectivity index is 2.16. The Morgan fingerprint density at radius 2 is 2.11 bits per heavy atom. The molecule has 1 aliphatic rings. The molecule has 0 spiro atoms. The summed E-state index contributed by atoms with van der Waals surface area (Å²) in [6.45, 7) is 3.96. The number of hydrogen-bond donors (Lipinski definition) is 1. The second kappa shape index (κ2) is 5.59. The van der Waals surface area contributed by atoms with Gasteiger partial charge in [0.25, 0.3) is 0 Å². The molecule has 0 bridgehead atoms. The Morgan fingerprint density at radius 3 is 2.79 bits per heavy atom. The van der Waals surface area contributed by atoms with E-state index in [1.54, 1.807) is 18.7 Å². The normalized spacial score (nSPS) is 23.9. The van der Waals surface area contributed by atoms with Crippen molar-refractivity contribution in [1.82, 2.24) is 9.78 Å². The highest BCUT2D eigenvalue weighted by Gasteiger charge is 2.26. The molecule has 2 atom stereocenters. The molecule has 6 nitrogen and oxygen atoms in total. The van der Waals surface area contributed by atoms with Crippen LogP contribution in [0.2, 0.25) is 0 Å². The fourth-order valence-corrected chi connectivity index (χ4v) is 2.85. The summed E-state index contributed by atoms with van der Waals surface area (Å²) in [7, 11) is 1.75. The Hall–Kier alpha value is -1.59. The molecule has 6 heteroatoms. The van der Waals surface area contributed by atoms with Crippen LogP contribution in [0.3, 0.4) is 0 Å². The monoisotopic (exact) mass is 266 g/mol. The van der Waals surface area contributed by atoms with Gasteiger partial charge in [0.2, 0.25) is 5.82 Å². The third-order valence-corrected chi connectivity index (χ3v) is 3.97. The molecule has 1 aromatic heterocycles. The molecule has 1 fully saturated rings. The molecule has 2 unspecified atom stereocenters. The van der Waals surface area contributed by atoms with Gasteiger partial charge in [-0.3, -0.25) is 10.1 Å². The third kappa shape index (κ3) is 3.05. The van der Waals surface area contributed by atoms with E-state index in [0.29, 0.717) is 17.6 Å². The molecule has 19 heavy (non-hydrogen) atoms. The first kappa shape index (κ1) is 13.8. The first-order valence-corrected chi connectivity index (χ1v) is 6.93. The molecule has 1 aromatic rings. The number of hydrogen-bond acceptors (Lipinski definition) is 4. The molecular formula is C13H22N4O2. The molecule has 1 saturated carbocycles. The summed E-state index contributed by atoms with van der Waals surface area (Å²) < 4.78 is 1.59. The van der Waals surface area contributed by atoms with Crippen molar-refractivity contribution in [2.45, 2.75) is 52.0 Å². The van der Waals surface area contributed by atoms with Gasteiger partial charge >= 0.3 is 5.69 Å². The largest absolute Gasteiger partial charge is 0.362 e. The number of nitrogens with one attached hydrogen (secondary N) is 1. The second-order valence-corrected chi connectivity index (χ2v) is 5.62. The quantitative estimate of drug-likeness (QED) is 0.518. The van der Waals surface area contributed by atoms with Crippen LogP contribution in [0, 0.1) is 23.0 Å². The number of nitro groups is 1. The van der Waals surface area contributed by atoms with Crippen LogP contribution in [0.1, 0.15) is 44.7 Å². The van der Waals surface area contributed by atoms with Gasteiger partial charge < -0.3 is 5.32 Å². The van der Waals surface area contributed by atoms with E-state index in [1.165, 1.54) is 19.3 Å². The van der Waals surface area contributed by atoms with Crippen LogP contribution in [-0.2, 0) is 7.05 Å². The maximum absolute atomic E-state index is 11.1. The SMILES string of the molecule is Cc1nn(C)c(NC2CCCC(C)CC2)c1[N+](=O)[O-]. The van der Waals surface area contributed by atoms with Crippen LogP contribution in [-0.4, -0.2) is 20.7 Å². The van der Waals surface area contributed by atoms with Crippen molar-refractivity contribution in [1.29, 1.82) is 0 Å². The number of aromatic nitrogens is 2. The highest BCUT2D eigenvalue weighted by atomic mass is 16.6. The summed E-state index contributed by atoms with van der Waals surface area (Å²) in [5.74, 6) is 1.30. The Morgan fingerprint density at radius 1 is 1.37 bits per heavy atom. The average Bonchev–Trinajstić information content (AvgIpc) is 2.48. The minimum atomic E-state index is -0.343. The van der Waals surface area contributed by atoms with Crippen LogP contribution in [0.4, 0.5) is 11.5 Å². The molecular weight excluding hydrogens is 244 g/mol. The summed E-state index contributed by atoms with van der Waals surface area (Å²) in [6.07, 6.45) is 5.77. The van der Waals surface area contributed by atoms with Gasteiger partial charge in [0.15, 0.2) is 0 Å². The zero-order valence-corrected chi connectivity index (χ0v) is 11.8. The zero-order chi connectivity index (χ0) is 14.0. The zero-order valence-electron chi connectivity index (χ0n) is 11.8. The first-order chi connectivity index (χ1) is 8.99. The molecule has 0 saturated heterocycles. The fraction of sp³-hybridized carbons (Fsp3) is 0.769. The van der Waals surface area contributed by atoms with E-state index in [9.17, 15) is 10.1 Å². The summed E-state index contributed by atoms with van der Waals surface area (Å²) >= 11 is 0. The van der Waals surface area contributed by atoms with Gasteiger partial charge in [-0.2, -0.15) is 5.10 Å². The van der Waals surface area contributed by atoms with Crippen molar-refractivity contribution in [3.05, 3.63) is 15.8 Å². The molecule has 1 N–H and O–H groups in total. The minimum absolute atomic E-state index is 0.111. The first-order valence-electron chi connectivity index (χ1n) is 6.93. The molecule has 2 rings (SSSR count). The summed E-state index contributed by atoms with van der Waals surface area (Å²) in [5.41, 5.74) is 0.580. The van der Waals surface area contributed by atoms with E-state index in [4.69, 9.17) is 0 Å². The van der Waals surface area contributed by atoms with Crippen LogP contribution in [0.5, 0.6) is 0 Å². The van der Waals surface area contributed by atoms with E-state index < -0.39 is 0 Å². The molecule has 0 radical (unpaired) electrons. The van der Waals surface area contributed by atoms with Crippen LogP contribution >= 0.6 is 0 Å². The molecule has 0 amide bonds. The van der Waals surface area contributed by atoms with Crippen molar-refractivity contribution in [2.24, 2.45) is 13.0 Å². The van der Waals surface area contributed by atoms with E-state index >= 15 is 0 Å². The highest BCUT2D eigenvalue weighted by molar-refractivity contribution is 5.59. The van der Waals surface area contributed by atoms with Gasteiger partial charge in [0, 0.05) is 13.1 Å². The number of aryl methyl sites for hydroxylation is 2. The van der Waals surface area contributed by atoms with Gasteiger partial charge in [0.1, 0.15) is 5.69 Å². The lowest BCUT2D eigenvalue weighted by atomic mass is 10.0. The summed E-state index contributed by atoms with van der Waals surface area (Å²) in [6, 6.07) is 0.318. The summed E-state index contributed by atoms with van der Waals surface area (Å²) in [5, 5.41) is 18.6.